The summed E-state index contributed by atoms with van der Waals surface area (Å²) in [6, 6.07) is 26.6. The molecule has 0 unspecified atom stereocenters. The lowest BCUT2D eigenvalue weighted by atomic mass is 10.0. The number of allylic oxidation sites excluding steroid dienone is 4. The van der Waals surface area contributed by atoms with Gasteiger partial charge in [-0.05, 0) is 72.2 Å². The molecule has 0 saturated heterocycles. The Hall–Kier alpha value is -5.49. The van der Waals surface area contributed by atoms with E-state index in [4.69, 9.17) is 0 Å². The topological polar surface area (TPSA) is 69.4 Å². The van der Waals surface area contributed by atoms with E-state index in [1.165, 1.54) is 12.1 Å². The van der Waals surface area contributed by atoms with E-state index >= 15 is 0 Å². The molecule has 0 fully saturated rings. The SMILES string of the molecule is C=C/C(=C\C(=C/C)c1ccc2[nH]nc(-c3cc4c(-c5cccc(F)c5)nccc4[nH]3)c2c1)NC(=C)c1ccccc1. The van der Waals surface area contributed by atoms with Gasteiger partial charge < -0.3 is 10.3 Å². The van der Waals surface area contributed by atoms with E-state index in [0.29, 0.717) is 5.69 Å². The average Bonchev–Trinajstić information content (AvgIpc) is 3.63. The molecule has 3 N–H and O–H groups in total. The van der Waals surface area contributed by atoms with Crippen LogP contribution in [0.3, 0.4) is 0 Å². The van der Waals surface area contributed by atoms with Crippen LogP contribution in [0.4, 0.5) is 4.39 Å². The summed E-state index contributed by atoms with van der Waals surface area (Å²) in [5, 5.41) is 13.1. The van der Waals surface area contributed by atoms with Gasteiger partial charge in [0.1, 0.15) is 11.5 Å². The molecule has 3 aromatic heterocycles. The second-order valence-corrected chi connectivity index (χ2v) is 9.66. The second-order valence-electron chi connectivity index (χ2n) is 9.66. The van der Waals surface area contributed by atoms with Gasteiger partial charge in [0.2, 0.25) is 0 Å². The molecule has 0 amide bonds. The molecule has 0 aliphatic rings. The van der Waals surface area contributed by atoms with Crippen LogP contribution in [0, 0.1) is 5.82 Å². The standard InChI is InChI=1S/C35H28FN5/c1-4-23(19-28(5-2)38-22(3)24-10-7-6-8-11-24)25-14-15-32-29(20-25)35(41-40-32)33-21-30-31(39-33)16-17-37-34(30)26-12-9-13-27(36)18-26/h4-21,38-39H,2-3H2,1H3,(H,40,41)/b23-4+,28-19+. The van der Waals surface area contributed by atoms with Crippen LogP contribution in [0.5, 0.6) is 0 Å². The Morgan fingerprint density at radius 1 is 0.878 bits per heavy atom. The minimum atomic E-state index is -0.295. The zero-order chi connectivity index (χ0) is 28.3. The fraction of sp³-hybridized carbons (Fsp3) is 0.0286. The number of fused-ring (bicyclic) bond motifs is 2. The first kappa shape index (κ1) is 25.8. The average molecular weight is 538 g/mol. The van der Waals surface area contributed by atoms with Crippen LogP contribution in [0.2, 0.25) is 0 Å². The van der Waals surface area contributed by atoms with Crippen molar-refractivity contribution in [3.05, 3.63) is 145 Å². The van der Waals surface area contributed by atoms with Gasteiger partial charge in [0.25, 0.3) is 0 Å². The van der Waals surface area contributed by atoms with Crippen molar-refractivity contribution in [2.24, 2.45) is 0 Å². The minimum Gasteiger partial charge on any atom is -0.356 e. The van der Waals surface area contributed by atoms with Crippen LogP contribution in [0.15, 0.2) is 128 Å². The predicted molar refractivity (Wildman–Crippen MR) is 167 cm³/mol. The molecule has 3 heterocycles. The smallest absolute Gasteiger partial charge is 0.123 e. The van der Waals surface area contributed by atoms with Gasteiger partial charge in [-0.2, -0.15) is 5.10 Å². The van der Waals surface area contributed by atoms with Gasteiger partial charge in [-0.15, -0.1) is 0 Å². The Kier molecular flexibility index (Phi) is 6.88. The summed E-state index contributed by atoms with van der Waals surface area (Å²) in [5.41, 5.74) is 9.61. The lowest BCUT2D eigenvalue weighted by Crippen LogP contribution is -2.09. The van der Waals surface area contributed by atoms with E-state index in [9.17, 15) is 4.39 Å². The third-order valence-corrected chi connectivity index (χ3v) is 7.06. The molecular formula is C35H28FN5. The number of hydrogen-bond acceptors (Lipinski definition) is 3. The van der Waals surface area contributed by atoms with Gasteiger partial charge in [0.15, 0.2) is 0 Å². The Labute approximate surface area is 237 Å². The summed E-state index contributed by atoms with van der Waals surface area (Å²) in [7, 11) is 0. The number of nitrogens with zero attached hydrogens (tertiary/aromatic N) is 2. The highest BCUT2D eigenvalue weighted by molar-refractivity contribution is 6.00. The highest BCUT2D eigenvalue weighted by Crippen LogP contribution is 2.34. The van der Waals surface area contributed by atoms with Gasteiger partial charge in [-0.1, -0.05) is 67.8 Å². The molecule has 0 bridgehead atoms. The quantitative estimate of drug-likeness (QED) is 0.170. The van der Waals surface area contributed by atoms with E-state index in [0.717, 1.165) is 66.9 Å². The zero-order valence-corrected chi connectivity index (χ0v) is 22.6. The van der Waals surface area contributed by atoms with Gasteiger partial charge in [0, 0.05) is 39.4 Å². The van der Waals surface area contributed by atoms with Crippen LogP contribution in [0.25, 0.3) is 55.7 Å². The van der Waals surface area contributed by atoms with Gasteiger partial charge in [-0.25, -0.2) is 4.39 Å². The lowest BCUT2D eigenvalue weighted by Gasteiger charge is -2.12. The molecule has 200 valence electrons. The fourth-order valence-electron chi connectivity index (χ4n) is 4.98. The van der Waals surface area contributed by atoms with E-state index < -0.39 is 0 Å². The molecule has 0 atom stereocenters. The van der Waals surface area contributed by atoms with E-state index in [-0.39, 0.29) is 5.82 Å². The first-order valence-electron chi connectivity index (χ1n) is 13.3. The number of hydrogen-bond donors (Lipinski definition) is 3. The van der Waals surface area contributed by atoms with Crippen molar-refractivity contribution in [1.29, 1.82) is 0 Å². The molecule has 41 heavy (non-hydrogen) atoms. The molecule has 0 aliphatic heterocycles. The Bertz CT molecular complexity index is 1970. The van der Waals surface area contributed by atoms with Crippen molar-refractivity contribution in [3.8, 4) is 22.6 Å². The number of nitrogens with one attached hydrogen (secondary N) is 3. The fourth-order valence-corrected chi connectivity index (χ4v) is 4.98. The normalized spacial score (nSPS) is 12.1. The van der Waals surface area contributed by atoms with Gasteiger partial charge in [-0.3, -0.25) is 10.1 Å². The van der Waals surface area contributed by atoms with E-state index in [1.54, 1.807) is 18.3 Å². The van der Waals surface area contributed by atoms with Crippen LogP contribution >= 0.6 is 0 Å². The summed E-state index contributed by atoms with van der Waals surface area (Å²) in [6.45, 7) is 10.2. The molecule has 5 nitrogen and oxygen atoms in total. The summed E-state index contributed by atoms with van der Waals surface area (Å²) in [6.07, 6.45) is 7.64. The van der Waals surface area contributed by atoms with Gasteiger partial charge >= 0.3 is 0 Å². The van der Waals surface area contributed by atoms with Gasteiger partial charge in [0.05, 0.1) is 16.9 Å². The second kappa shape index (κ2) is 10.9. The summed E-state index contributed by atoms with van der Waals surface area (Å²) in [4.78, 5) is 8.03. The molecule has 0 radical (unpaired) electrons. The number of aromatic amines is 2. The number of benzene rings is 3. The number of aromatic nitrogens is 4. The molecule has 6 rings (SSSR count). The minimum absolute atomic E-state index is 0.295. The van der Waals surface area contributed by atoms with E-state index in [2.05, 4.69) is 62.9 Å². The summed E-state index contributed by atoms with van der Waals surface area (Å²) in [5.74, 6) is -0.295. The highest BCUT2D eigenvalue weighted by Gasteiger charge is 2.15. The largest absolute Gasteiger partial charge is 0.356 e. The van der Waals surface area contributed by atoms with Crippen molar-refractivity contribution < 1.29 is 4.39 Å². The third-order valence-electron chi connectivity index (χ3n) is 7.06. The molecule has 0 aliphatic carbocycles. The Morgan fingerprint density at radius 3 is 2.49 bits per heavy atom. The molecule has 0 saturated carbocycles. The molecule has 3 aromatic carbocycles. The third kappa shape index (κ3) is 5.11. The Balaban J connectivity index is 1.36. The number of pyridine rings is 1. The Morgan fingerprint density at radius 2 is 1.71 bits per heavy atom. The molecule has 6 aromatic rings. The van der Waals surface area contributed by atoms with Crippen LogP contribution in [-0.2, 0) is 0 Å². The summed E-state index contributed by atoms with van der Waals surface area (Å²) >= 11 is 0. The maximum atomic E-state index is 14.0. The molecular weight excluding hydrogens is 509 g/mol. The first-order chi connectivity index (χ1) is 20.0. The van der Waals surface area contributed by atoms with E-state index in [1.807, 2.05) is 61.5 Å². The van der Waals surface area contributed by atoms with Crippen LogP contribution in [-0.4, -0.2) is 20.2 Å². The molecule has 0 spiro atoms. The molecule has 6 heteroatoms. The van der Waals surface area contributed by atoms with Crippen LogP contribution in [0.1, 0.15) is 18.1 Å². The monoisotopic (exact) mass is 537 g/mol. The van der Waals surface area contributed by atoms with Crippen molar-refractivity contribution >= 4 is 33.1 Å². The van der Waals surface area contributed by atoms with Crippen molar-refractivity contribution in [2.45, 2.75) is 6.92 Å². The number of H-pyrrole nitrogens is 2. The summed E-state index contributed by atoms with van der Waals surface area (Å²) < 4.78 is 14.0. The lowest BCUT2D eigenvalue weighted by molar-refractivity contribution is 0.628. The van der Waals surface area contributed by atoms with Crippen LogP contribution < -0.4 is 5.32 Å². The van der Waals surface area contributed by atoms with Crippen molar-refractivity contribution in [2.75, 3.05) is 0 Å². The van der Waals surface area contributed by atoms with Crippen molar-refractivity contribution in [3.63, 3.8) is 0 Å². The predicted octanol–water partition coefficient (Wildman–Crippen LogP) is 8.65. The first-order valence-corrected chi connectivity index (χ1v) is 13.3. The number of rotatable bonds is 8. The maximum absolute atomic E-state index is 14.0. The zero-order valence-electron chi connectivity index (χ0n) is 22.6. The highest BCUT2D eigenvalue weighted by atomic mass is 19.1. The van der Waals surface area contributed by atoms with Crippen molar-refractivity contribution in [1.82, 2.24) is 25.5 Å². The number of halogens is 1. The maximum Gasteiger partial charge on any atom is 0.123 e.